The van der Waals surface area contributed by atoms with Crippen LogP contribution in [-0.2, 0) is 23.9 Å². The van der Waals surface area contributed by atoms with Gasteiger partial charge in [0, 0.05) is 44.3 Å². The summed E-state index contributed by atoms with van der Waals surface area (Å²) in [5, 5.41) is 3.00. The molecule has 0 saturated carbocycles. The van der Waals surface area contributed by atoms with Gasteiger partial charge in [0.1, 0.15) is 5.75 Å². The third kappa shape index (κ3) is 4.69. The molecule has 1 fully saturated rings. The van der Waals surface area contributed by atoms with Crippen molar-refractivity contribution in [3.63, 3.8) is 0 Å². The Morgan fingerprint density at radius 1 is 1.08 bits per heavy atom. The van der Waals surface area contributed by atoms with Gasteiger partial charge in [-0.1, -0.05) is 12.1 Å². The molecule has 1 aromatic heterocycles. The van der Waals surface area contributed by atoms with E-state index in [2.05, 4.69) is 20.1 Å². The minimum absolute atomic E-state index is 0.174. The van der Waals surface area contributed by atoms with Crippen molar-refractivity contribution in [1.29, 1.82) is 0 Å². The van der Waals surface area contributed by atoms with Crippen molar-refractivity contribution in [2.45, 2.75) is 25.2 Å². The van der Waals surface area contributed by atoms with E-state index in [0.29, 0.717) is 31.7 Å². The van der Waals surface area contributed by atoms with E-state index in [-0.39, 0.29) is 18.4 Å². The van der Waals surface area contributed by atoms with E-state index in [1.165, 1.54) is 6.07 Å². The Bertz CT molecular complexity index is 1240. The van der Waals surface area contributed by atoms with Crippen LogP contribution < -0.4 is 19.9 Å². The number of nitrogens with one attached hydrogen (secondary N) is 1. The number of halogens is 3. The molecule has 5 rings (SSSR count). The largest absolute Gasteiger partial charge is 0.495 e. The van der Waals surface area contributed by atoms with E-state index in [1.807, 2.05) is 36.4 Å². The number of fused-ring (bicyclic) bond motifs is 3. The average molecular weight is 497 g/mol. The molecule has 1 saturated heterocycles. The number of rotatable bonds is 5. The Hall–Kier alpha value is -3.75. The topological polar surface area (TPSA) is 57.7 Å². The molecule has 188 valence electrons. The summed E-state index contributed by atoms with van der Waals surface area (Å²) in [6.45, 7) is 2.11. The fourth-order valence-electron chi connectivity index (χ4n) is 5.23. The molecule has 6 nitrogen and oxygen atoms in total. The summed E-state index contributed by atoms with van der Waals surface area (Å²) in [5.41, 5.74) is 2.48. The number of carbonyl (C=O) groups excluding carboxylic acids is 1. The molecule has 3 aromatic rings. The molecule has 9 heteroatoms. The molecule has 0 bridgehead atoms. The lowest BCUT2D eigenvalue weighted by Gasteiger charge is -2.49. The Morgan fingerprint density at radius 3 is 2.61 bits per heavy atom. The number of amides is 1. The first-order chi connectivity index (χ1) is 17.3. The molecule has 1 N–H and O–H groups in total. The third-order valence-corrected chi connectivity index (χ3v) is 7.02. The van der Waals surface area contributed by atoms with Gasteiger partial charge in [-0.15, -0.1) is 0 Å². The number of pyridine rings is 1. The van der Waals surface area contributed by atoms with Crippen LogP contribution in [0.2, 0.25) is 0 Å². The van der Waals surface area contributed by atoms with Crippen LogP contribution >= 0.6 is 0 Å². The first-order valence-electron chi connectivity index (χ1n) is 11.9. The quantitative estimate of drug-likeness (QED) is 0.571. The van der Waals surface area contributed by atoms with Gasteiger partial charge in [0.25, 0.3) is 0 Å². The Morgan fingerprint density at radius 2 is 1.86 bits per heavy atom. The number of carbonyl (C=O) groups is 1. The van der Waals surface area contributed by atoms with Crippen molar-refractivity contribution in [2.75, 3.05) is 36.5 Å². The van der Waals surface area contributed by atoms with E-state index in [9.17, 15) is 18.0 Å². The minimum Gasteiger partial charge on any atom is -0.495 e. The van der Waals surface area contributed by atoms with Crippen LogP contribution in [0.5, 0.6) is 5.75 Å². The lowest BCUT2D eigenvalue weighted by molar-refractivity contribution is -0.137. The Balaban J connectivity index is 1.46. The second kappa shape index (κ2) is 9.72. The molecule has 36 heavy (non-hydrogen) atoms. The van der Waals surface area contributed by atoms with Crippen LogP contribution in [0.15, 0.2) is 67.0 Å². The molecule has 2 aromatic carbocycles. The van der Waals surface area contributed by atoms with Gasteiger partial charge in [0.05, 0.1) is 30.3 Å². The highest BCUT2D eigenvalue weighted by Crippen LogP contribution is 2.41. The molecule has 3 heterocycles. The maximum Gasteiger partial charge on any atom is 0.416 e. The zero-order chi connectivity index (χ0) is 25.3. The third-order valence-electron chi connectivity index (χ3n) is 7.02. The number of hydrogen-bond acceptors (Lipinski definition) is 5. The first kappa shape index (κ1) is 24.0. The Labute approximate surface area is 207 Å². The van der Waals surface area contributed by atoms with Crippen molar-refractivity contribution < 1.29 is 22.7 Å². The minimum atomic E-state index is -4.44. The zero-order valence-corrected chi connectivity index (χ0v) is 19.8. The van der Waals surface area contributed by atoms with Crippen LogP contribution in [0.3, 0.4) is 0 Å². The van der Waals surface area contributed by atoms with Crippen LogP contribution in [-0.4, -0.2) is 43.7 Å². The lowest BCUT2D eigenvalue weighted by Crippen LogP contribution is -2.61. The molecule has 2 unspecified atom stereocenters. The van der Waals surface area contributed by atoms with Crippen LogP contribution in [0.25, 0.3) is 0 Å². The summed E-state index contributed by atoms with van der Waals surface area (Å²) in [6.07, 6.45) is -0.883. The summed E-state index contributed by atoms with van der Waals surface area (Å²) in [4.78, 5) is 21.8. The molecule has 2 atom stereocenters. The van der Waals surface area contributed by atoms with Gasteiger partial charge in [-0.3, -0.25) is 9.78 Å². The maximum atomic E-state index is 13.5. The fourth-order valence-corrected chi connectivity index (χ4v) is 5.23. The van der Waals surface area contributed by atoms with Gasteiger partial charge in [0.15, 0.2) is 0 Å². The highest BCUT2D eigenvalue weighted by Gasteiger charge is 2.43. The number of hydrogen-bond donors (Lipinski definition) is 1. The van der Waals surface area contributed by atoms with E-state index >= 15 is 0 Å². The lowest BCUT2D eigenvalue weighted by atomic mass is 9.82. The number of alkyl halides is 3. The molecule has 0 radical (unpaired) electrons. The van der Waals surface area contributed by atoms with Gasteiger partial charge in [-0.05, 0) is 60.0 Å². The maximum absolute atomic E-state index is 13.5. The number of aromatic nitrogens is 1. The Kier molecular flexibility index (Phi) is 6.47. The fraction of sp³-hybridized carbons (Fsp3) is 0.333. The van der Waals surface area contributed by atoms with Gasteiger partial charge >= 0.3 is 6.18 Å². The van der Waals surface area contributed by atoms with E-state index < -0.39 is 17.7 Å². The van der Waals surface area contributed by atoms with Crippen molar-refractivity contribution in [1.82, 2.24) is 10.3 Å². The number of methoxy groups -OCH3 is 1. The van der Waals surface area contributed by atoms with Gasteiger partial charge in [-0.25, -0.2) is 0 Å². The number of ether oxygens (including phenoxy) is 1. The number of piperazine rings is 1. The smallest absolute Gasteiger partial charge is 0.416 e. The summed E-state index contributed by atoms with van der Waals surface area (Å²) in [6, 6.07) is 15.0. The number of para-hydroxylation sites is 2. The van der Waals surface area contributed by atoms with E-state index in [4.69, 9.17) is 4.74 Å². The van der Waals surface area contributed by atoms with Gasteiger partial charge in [0.2, 0.25) is 5.91 Å². The van der Waals surface area contributed by atoms with Crippen LogP contribution in [0.1, 0.15) is 16.7 Å². The normalized spacial score (nSPS) is 19.3. The summed E-state index contributed by atoms with van der Waals surface area (Å²) < 4.78 is 45.9. The number of anilines is 2. The SMILES string of the molecule is COc1ccccc1N1CCN2c3ccc(C(F)(F)F)cc3CC(C(=O)NCc3ccncc3)C2C1. The van der Waals surface area contributed by atoms with Gasteiger partial charge < -0.3 is 19.9 Å². The standard InChI is InChI=1S/C27H27F3N4O2/c1-36-25-5-3-2-4-23(25)33-12-13-34-22-7-6-20(27(28,29)30)14-19(22)15-21(24(34)17-33)26(35)32-16-18-8-10-31-11-9-18/h2-11,14,21,24H,12-13,15-17H2,1H3,(H,32,35). The summed E-state index contributed by atoms with van der Waals surface area (Å²) in [5.74, 6) is 0.0581. The second-order valence-corrected chi connectivity index (χ2v) is 9.10. The average Bonchev–Trinajstić information content (AvgIpc) is 2.90. The number of benzene rings is 2. The highest BCUT2D eigenvalue weighted by molar-refractivity contribution is 5.82. The molecule has 1 amide bonds. The highest BCUT2D eigenvalue weighted by atomic mass is 19.4. The van der Waals surface area contributed by atoms with Crippen molar-refractivity contribution in [2.24, 2.45) is 5.92 Å². The zero-order valence-electron chi connectivity index (χ0n) is 19.8. The van der Waals surface area contributed by atoms with Crippen molar-refractivity contribution in [3.8, 4) is 5.75 Å². The predicted octanol–water partition coefficient (Wildman–Crippen LogP) is 4.29. The number of nitrogens with zero attached hydrogens (tertiary/aromatic N) is 3. The van der Waals surface area contributed by atoms with E-state index in [0.717, 1.165) is 28.8 Å². The predicted molar refractivity (Wildman–Crippen MR) is 131 cm³/mol. The van der Waals surface area contributed by atoms with Gasteiger partial charge in [-0.2, -0.15) is 13.2 Å². The molecule has 0 spiro atoms. The molecule has 2 aliphatic heterocycles. The molecular formula is C27H27F3N4O2. The molecule has 0 aliphatic carbocycles. The summed E-state index contributed by atoms with van der Waals surface area (Å²) >= 11 is 0. The van der Waals surface area contributed by atoms with Crippen LogP contribution in [0, 0.1) is 5.92 Å². The molecular weight excluding hydrogens is 469 g/mol. The second-order valence-electron chi connectivity index (χ2n) is 9.10. The van der Waals surface area contributed by atoms with Crippen molar-refractivity contribution in [3.05, 3.63) is 83.7 Å². The monoisotopic (exact) mass is 496 g/mol. The van der Waals surface area contributed by atoms with E-state index in [1.54, 1.807) is 25.6 Å². The first-order valence-corrected chi connectivity index (χ1v) is 11.9. The van der Waals surface area contributed by atoms with Crippen molar-refractivity contribution >= 4 is 17.3 Å². The summed E-state index contributed by atoms with van der Waals surface area (Å²) in [7, 11) is 1.62. The molecule has 2 aliphatic rings. The van der Waals surface area contributed by atoms with Crippen LogP contribution in [0.4, 0.5) is 24.5 Å².